The van der Waals surface area contributed by atoms with E-state index in [1.54, 1.807) is 19.7 Å². The van der Waals surface area contributed by atoms with Crippen molar-refractivity contribution in [2.75, 3.05) is 14.2 Å². The van der Waals surface area contributed by atoms with Crippen LogP contribution in [0.3, 0.4) is 0 Å². The van der Waals surface area contributed by atoms with E-state index in [-0.39, 0.29) is 12.1 Å². The van der Waals surface area contributed by atoms with Crippen molar-refractivity contribution < 1.29 is 9.47 Å². The molecule has 0 fully saturated rings. The van der Waals surface area contributed by atoms with Crippen molar-refractivity contribution in [3.05, 3.63) is 40.3 Å². The van der Waals surface area contributed by atoms with E-state index < -0.39 is 0 Å². The van der Waals surface area contributed by atoms with Gasteiger partial charge in [0.1, 0.15) is 23.6 Å². The molecule has 1 aliphatic rings. The van der Waals surface area contributed by atoms with Crippen molar-refractivity contribution in [2.24, 2.45) is 16.2 Å². The van der Waals surface area contributed by atoms with E-state index in [1.807, 2.05) is 23.6 Å². The first-order valence-corrected chi connectivity index (χ1v) is 7.24. The molecule has 0 saturated heterocycles. The molecule has 110 valence electrons. The van der Waals surface area contributed by atoms with E-state index in [1.165, 1.54) is 16.5 Å². The third-order valence-electron chi connectivity index (χ3n) is 3.38. The van der Waals surface area contributed by atoms with E-state index in [0.717, 1.165) is 11.3 Å². The first-order valence-electron chi connectivity index (χ1n) is 6.30. The molecular weight excluding hydrogens is 290 g/mol. The Balaban J connectivity index is 2.09. The number of hydrogen-bond donors (Lipinski definition) is 1. The monoisotopic (exact) mass is 305 g/mol. The van der Waals surface area contributed by atoms with Crippen LogP contribution in [0.1, 0.15) is 23.3 Å². The SMILES string of the molecule is COc1cccc(OC)c1C1N=NN(N)C1c1cscn1. The molecule has 2 unspecified atom stereocenters. The van der Waals surface area contributed by atoms with Gasteiger partial charge in [-0.2, -0.15) is 5.11 Å². The molecule has 1 aromatic heterocycles. The largest absolute Gasteiger partial charge is 0.496 e. The van der Waals surface area contributed by atoms with Crippen LogP contribution in [-0.2, 0) is 0 Å². The molecule has 2 atom stereocenters. The fourth-order valence-corrected chi connectivity index (χ4v) is 3.01. The Kier molecular flexibility index (Phi) is 3.72. The molecule has 0 aliphatic carbocycles. The summed E-state index contributed by atoms with van der Waals surface area (Å²) >= 11 is 1.51. The quantitative estimate of drug-likeness (QED) is 0.877. The number of benzene rings is 1. The minimum atomic E-state index is -0.330. The first kappa shape index (κ1) is 13.8. The van der Waals surface area contributed by atoms with Gasteiger partial charge >= 0.3 is 0 Å². The third kappa shape index (κ3) is 2.32. The van der Waals surface area contributed by atoms with Gasteiger partial charge in [0.25, 0.3) is 0 Å². The Hall–Kier alpha value is -2.19. The molecule has 0 spiro atoms. The maximum absolute atomic E-state index is 5.94. The van der Waals surface area contributed by atoms with E-state index in [0.29, 0.717) is 11.5 Å². The number of rotatable bonds is 4. The third-order valence-corrected chi connectivity index (χ3v) is 3.98. The molecule has 3 rings (SSSR count). The molecular formula is C13H15N5O2S. The zero-order valence-electron chi connectivity index (χ0n) is 11.6. The maximum atomic E-state index is 5.94. The molecule has 0 amide bonds. The summed E-state index contributed by atoms with van der Waals surface area (Å²) in [7, 11) is 3.23. The number of thiazole rings is 1. The van der Waals surface area contributed by atoms with Gasteiger partial charge < -0.3 is 9.47 Å². The average Bonchev–Trinajstić information content (AvgIpc) is 3.15. The number of nitrogens with two attached hydrogens (primary N) is 1. The number of methoxy groups -OCH3 is 2. The van der Waals surface area contributed by atoms with Gasteiger partial charge in [-0.15, -0.1) is 11.3 Å². The Labute approximate surface area is 126 Å². The summed E-state index contributed by atoms with van der Waals surface area (Å²) < 4.78 is 10.9. The smallest absolute Gasteiger partial charge is 0.137 e. The lowest BCUT2D eigenvalue weighted by Crippen LogP contribution is -2.29. The Bertz CT molecular complexity index is 624. The highest BCUT2D eigenvalue weighted by molar-refractivity contribution is 7.07. The fourth-order valence-electron chi connectivity index (χ4n) is 2.43. The summed E-state index contributed by atoms with van der Waals surface area (Å²) in [6.45, 7) is 0. The minimum absolute atomic E-state index is 0.276. The van der Waals surface area contributed by atoms with Crippen LogP contribution < -0.4 is 15.3 Å². The second kappa shape index (κ2) is 5.66. The van der Waals surface area contributed by atoms with Gasteiger partial charge in [0.2, 0.25) is 0 Å². The molecule has 0 radical (unpaired) electrons. The first-order chi connectivity index (χ1) is 10.3. The lowest BCUT2D eigenvalue weighted by Gasteiger charge is -2.23. The van der Waals surface area contributed by atoms with Crippen LogP contribution in [0.5, 0.6) is 11.5 Å². The predicted octanol–water partition coefficient (Wildman–Crippen LogP) is 2.50. The number of aromatic nitrogens is 1. The summed E-state index contributed by atoms with van der Waals surface area (Å²) in [5.41, 5.74) is 3.40. The van der Waals surface area contributed by atoms with Gasteiger partial charge in [-0.25, -0.2) is 15.9 Å². The zero-order valence-corrected chi connectivity index (χ0v) is 12.4. The number of nitrogens with zero attached hydrogens (tertiary/aromatic N) is 4. The molecule has 7 nitrogen and oxygen atoms in total. The minimum Gasteiger partial charge on any atom is -0.496 e. The molecule has 8 heteroatoms. The summed E-state index contributed by atoms with van der Waals surface area (Å²) in [5.74, 6) is 7.31. The van der Waals surface area contributed by atoms with Crippen LogP contribution in [0.2, 0.25) is 0 Å². The summed E-state index contributed by atoms with van der Waals surface area (Å²) in [6, 6.07) is 4.99. The van der Waals surface area contributed by atoms with Crippen molar-refractivity contribution in [1.82, 2.24) is 10.1 Å². The number of hydrogen-bond acceptors (Lipinski definition) is 8. The fraction of sp³-hybridized carbons (Fsp3) is 0.308. The molecule has 0 saturated carbocycles. The van der Waals surface area contributed by atoms with Crippen LogP contribution in [0.4, 0.5) is 0 Å². The van der Waals surface area contributed by atoms with Gasteiger partial charge in [-0.1, -0.05) is 11.3 Å². The maximum Gasteiger partial charge on any atom is 0.137 e. The van der Waals surface area contributed by atoms with E-state index in [4.69, 9.17) is 15.3 Å². The Morgan fingerprint density at radius 2 is 1.95 bits per heavy atom. The van der Waals surface area contributed by atoms with Gasteiger partial charge in [-0.3, -0.25) is 0 Å². The van der Waals surface area contributed by atoms with Gasteiger partial charge in [0, 0.05) is 5.38 Å². The van der Waals surface area contributed by atoms with Gasteiger partial charge in [0.05, 0.1) is 31.0 Å². The second-order valence-corrected chi connectivity index (χ2v) is 5.18. The van der Waals surface area contributed by atoms with Crippen molar-refractivity contribution in [3.63, 3.8) is 0 Å². The molecule has 2 aromatic rings. The van der Waals surface area contributed by atoms with Crippen LogP contribution in [0, 0.1) is 0 Å². The average molecular weight is 305 g/mol. The van der Waals surface area contributed by atoms with Crippen LogP contribution in [0.25, 0.3) is 0 Å². The van der Waals surface area contributed by atoms with Crippen molar-refractivity contribution in [2.45, 2.75) is 12.1 Å². The summed E-state index contributed by atoms with van der Waals surface area (Å²) in [4.78, 5) is 4.33. The van der Waals surface area contributed by atoms with Crippen LogP contribution >= 0.6 is 11.3 Å². The van der Waals surface area contributed by atoms with Crippen molar-refractivity contribution in [1.29, 1.82) is 0 Å². The van der Waals surface area contributed by atoms with Gasteiger partial charge in [-0.05, 0) is 12.1 Å². The normalized spacial score (nSPS) is 20.8. The molecule has 2 N–H and O–H groups in total. The Morgan fingerprint density at radius 1 is 1.24 bits per heavy atom. The molecule has 2 heterocycles. The van der Waals surface area contributed by atoms with E-state index >= 15 is 0 Å². The zero-order chi connectivity index (χ0) is 14.8. The van der Waals surface area contributed by atoms with Crippen LogP contribution in [-0.4, -0.2) is 24.3 Å². The van der Waals surface area contributed by atoms with Gasteiger partial charge in [0.15, 0.2) is 0 Å². The topological polar surface area (TPSA) is 85.3 Å². The molecule has 1 aliphatic heterocycles. The molecule has 21 heavy (non-hydrogen) atoms. The summed E-state index contributed by atoms with van der Waals surface area (Å²) in [5, 5.41) is 11.5. The molecule has 1 aromatic carbocycles. The van der Waals surface area contributed by atoms with E-state index in [2.05, 4.69) is 15.3 Å². The highest BCUT2D eigenvalue weighted by atomic mass is 32.1. The highest BCUT2D eigenvalue weighted by Crippen LogP contribution is 2.46. The van der Waals surface area contributed by atoms with Crippen molar-refractivity contribution in [3.8, 4) is 11.5 Å². The van der Waals surface area contributed by atoms with E-state index in [9.17, 15) is 0 Å². The number of ether oxygens (including phenoxy) is 2. The lowest BCUT2D eigenvalue weighted by atomic mass is 9.96. The molecule has 0 bridgehead atoms. The Morgan fingerprint density at radius 3 is 2.52 bits per heavy atom. The lowest BCUT2D eigenvalue weighted by molar-refractivity contribution is 0.221. The standard InChI is InChI=1S/C13H15N5O2S/c1-19-9-4-3-5-10(20-2)11(9)12-13(18(14)17-16-12)8-6-21-7-15-8/h3-7,12-13H,14H2,1-2H3. The summed E-state index contributed by atoms with van der Waals surface area (Å²) in [6.07, 6.45) is 0. The second-order valence-electron chi connectivity index (χ2n) is 4.46. The number of hydrazine groups is 1. The van der Waals surface area contributed by atoms with Crippen molar-refractivity contribution >= 4 is 11.3 Å². The highest BCUT2D eigenvalue weighted by Gasteiger charge is 2.38. The predicted molar refractivity (Wildman–Crippen MR) is 78.0 cm³/mol. The van der Waals surface area contributed by atoms with Crippen LogP contribution in [0.15, 0.2) is 39.4 Å².